The highest BCUT2D eigenvalue weighted by Gasteiger charge is 2.18. The van der Waals surface area contributed by atoms with Crippen LogP contribution in [0.2, 0.25) is 10.0 Å². The predicted octanol–water partition coefficient (Wildman–Crippen LogP) is 5.50. The fourth-order valence-corrected chi connectivity index (χ4v) is 5.05. The Morgan fingerprint density at radius 1 is 1.15 bits per heavy atom. The van der Waals surface area contributed by atoms with Gasteiger partial charge in [0.05, 0.1) is 41.2 Å². The summed E-state index contributed by atoms with van der Waals surface area (Å²) in [6.07, 6.45) is 0. The lowest BCUT2D eigenvalue weighted by Crippen LogP contribution is -2.22. The normalized spacial score (nSPS) is 10.9. The molecule has 11 heteroatoms. The number of hydrogen-bond acceptors (Lipinski definition) is 7. The van der Waals surface area contributed by atoms with Crippen LogP contribution in [0.5, 0.6) is 11.5 Å². The lowest BCUT2D eigenvalue weighted by atomic mass is 10.2. The van der Waals surface area contributed by atoms with Gasteiger partial charge in [-0.2, -0.15) is 0 Å². The monoisotopic (exact) mass is 521 g/mol. The van der Waals surface area contributed by atoms with E-state index in [1.54, 1.807) is 47.8 Å². The molecule has 0 radical (unpaired) electrons. The Morgan fingerprint density at radius 3 is 2.70 bits per heavy atom. The first-order valence-electron chi connectivity index (χ1n) is 9.52. The number of halogens is 2. The third kappa shape index (κ3) is 4.81. The number of anilines is 1. The highest BCUT2D eigenvalue weighted by Crippen LogP contribution is 2.32. The van der Waals surface area contributed by atoms with Crippen molar-refractivity contribution in [2.75, 3.05) is 25.3 Å². The summed E-state index contributed by atoms with van der Waals surface area (Å²) in [7, 11) is 3.06. The topological polar surface area (TPSA) is 82.5 Å². The molecule has 0 saturated heterocycles. The van der Waals surface area contributed by atoms with Crippen molar-refractivity contribution < 1.29 is 14.3 Å². The molecule has 2 heterocycles. The van der Waals surface area contributed by atoms with Gasteiger partial charge in [-0.1, -0.05) is 41.0 Å². The minimum absolute atomic E-state index is 0.00854. The number of methoxy groups -OCH3 is 2. The van der Waals surface area contributed by atoms with Crippen molar-refractivity contribution in [3.05, 3.63) is 68.2 Å². The van der Waals surface area contributed by atoms with Gasteiger partial charge in [0.15, 0.2) is 16.7 Å². The van der Waals surface area contributed by atoms with Crippen LogP contribution in [-0.4, -0.2) is 35.4 Å². The minimum atomic E-state index is -0.282. The quantitative estimate of drug-likeness (QED) is 0.255. The Morgan fingerprint density at radius 2 is 1.94 bits per heavy atom. The molecule has 1 amide bonds. The van der Waals surface area contributed by atoms with Crippen LogP contribution in [0.15, 0.2) is 57.8 Å². The van der Waals surface area contributed by atoms with E-state index in [2.05, 4.69) is 10.3 Å². The average Bonchev–Trinajstić information content (AvgIpc) is 3.29. The van der Waals surface area contributed by atoms with Gasteiger partial charge in [0.1, 0.15) is 4.70 Å². The molecule has 2 aromatic heterocycles. The fraction of sp³-hybridized carbons (Fsp3) is 0.136. The molecule has 7 nitrogen and oxygen atoms in total. The zero-order chi connectivity index (χ0) is 23.5. The van der Waals surface area contributed by atoms with Gasteiger partial charge in [0, 0.05) is 11.8 Å². The van der Waals surface area contributed by atoms with Gasteiger partial charge in [0.25, 0.3) is 5.56 Å². The van der Waals surface area contributed by atoms with Gasteiger partial charge in [-0.25, -0.2) is 4.98 Å². The van der Waals surface area contributed by atoms with Gasteiger partial charge in [-0.05, 0) is 35.7 Å². The Balaban J connectivity index is 1.63. The van der Waals surface area contributed by atoms with E-state index in [0.29, 0.717) is 43.3 Å². The van der Waals surface area contributed by atoms with Gasteiger partial charge in [-0.15, -0.1) is 11.3 Å². The number of hydrogen-bond donors (Lipinski definition) is 1. The number of fused-ring (bicyclic) bond motifs is 1. The lowest BCUT2D eigenvalue weighted by molar-refractivity contribution is -0.113. The fourth-order valence-electron chi connectivity index (χ4n) is 3.11. The molecule has 4 rings (SSSR count). The SMILES string of the molecule is COc1ccc(NC(=O)CSc2nc3ccsc3c(=O)n2-c2cccc(Cl)c2Cl)cc1OC. The van der Waals surface area contributed by atoms with Crippen molar-refractivity contribution in [3.8, 4) is 17.2 Å². The van der Waals surface area contributed by atoms with Crippen molar-refractivity contribution in [3.63, 3.8) is 0 Å². The summed E-state index contributed by atoms with van der Waals surface area (Å²) in [4.78, 5) is 30.5. The molecule has 1 N–H and O–H groups in total. The molecule has 0 aliphatic heterocycles. The van der Waals surface area contributed by atoms with E-state index in [1.165, 1.54) is 30.1 Å². The molecule has 33 heavy (non-hydrogen) atoms. The zero-order valence-corrected chi connectivity index (χ0v) is 20.6. The van der Waals surface area contributed by atoms with Crippen LogP contribution in [0.1, 0.15) is 0 Å². The number of carbonyl (C=O) groups excluding carboxylic acids is 1. The molecular weight excluding hydrogens is 505 g/mol. The first-order valence-corrected chi connectivity index (χ1v) is 12.1. The standard InChI is InChI=1S/C22H17Cl2N3O4S2/c1-30-16-7-6-12(10-17(16)31-2)25-18(28)11-33-22-26-14-8-9-32-20(14)21(29)27(22)15-5-3-4-13(23)19(15)24/h3-10H,11H2,1-2H3,(H,25,28). The number of thiophene rings is 1. The molecule has 0 unspecified atom stereocenters. The number of ether oxygens (including phenoxy) is 2. The summed E-state index contributed by atoms with van der Waals surface area (Å²) in [6.45, 7) is 0. The maximum atomic E-state index is 13.2. The largest absolute Gasteiger partial charge is 0.493 e. The van der Waals surface area contributed by atoms with Crippen molar-refractivity contribution in [2.45, 2.75) is 5.16 Å². The molecule has 0 atom stereocenters. The third-order valence-corrected chi connectivity index (χ3v) is 7.26. The number of aromatic nitrogens is 2. The van der Waals surface area contributed by atoms with Crippen molar-refractivity contribution in [2.24, 2.45) is 0 Å². The molecule has 0 saturated carbocycles. The molecule has 0 fully saturated rings. The van der Waals surface area contributed by atoms with E-state index in [0.717, 1.165) is 11.8 Å². The zero-order valence-electron chi connectivity index (χ0n) is 17.4. The van der Waals surface area contributed by atoms with Crippen molar-refractivity contribution in [1.29, 1.82) is 0 Å². The highest BCUT2D eigenvalue weighted by atomic mass is 35.5. The van der Waals surface area contributed by atoms with E-state index in [4.69, 9.17) is 32.7 Å². The third-order valence-electron chi connectivity index (χ3n) is 4.62. The van der Waals surface area contributed by atoms with Crippen molar-refractivity contribution in [1.82, 2.24) is 9.55 Å². The molecular formula is C22H17Cl2N3O4S2. The molecule has 0 bridgehead atoms. The Kier molecular flexibility index (Phi) is 7.14. The Labute approximate surface area is 207 Å². The van der Waals surface area contributed by atoms with Gasteiger partial charge in [0.2, 0.25) is 5.91 Å². The van der Waals surface area contributed by atoms with Crippen LogP contribution in [0.25, 0.3) is 15.9 Å². The first kappa shape index (κ1) is 23.4. The minimum Gasteiger partial charge on any atom is -0.493 e. The second-order valence-corrected chi connectivity index (χ2v) is 9.29. The average molecular weight is 522 g/mol. The van der Waals surface area contributed by atoms with Crippen LogP contribution in [0.4, 0.5) is 5.69 Å². The number of rotatable bonds is 7. The van der Waals surface area contributed by atoms with E-state index >= 15 is 0 Å². The molecule has 4 aromatic rings. The Hall–Kier alpha value is -2.72. The second kappa shape index (κ2) is 10.0. The first-order chi connectivity index (χ1) is 15.9. The van der Waals surface area contributed by atoms with E-state index in [9.17, 15) is 9.59 Å². The Bertz CT molecular complexity index is 1400. The molecule has 2 aromatic carbocycles. The summed E-state index contributed by atoms with van der Waals surface area (Å²) in [5.41, 5.74) is 1.23. The number of nitrogens with zero attached hydrogens (tertiary/aromatic N) is 2. The number of benzene rings is 2. The van der Waals surface area contributed by atoms with E-state index in [1.807, 2.05) is 0 Å². The molecule has 0 aliphatic carbocycles. The molecule has 0 spiro atoms. The summed E-state index contributed by atoms with van der Waals surface area (Å²) >= 11 is 15.0. The van der Waals surface area contributed by atoms with Crippen LogP contribution in [0, 0.1) is 0 Å². The number of nitrogens with one attached hydrogen (secondary N) is 1. The predicted molar refractivity (Wildman–Crippen MR) is 134 cm³/mol. The molecule has 0 aliphatic rings. The number of carbonyl (C=O) groups is 1. The van der Waals surface area contributed by atoms with Gasteiger partial charge >= 0.3 is 0 Å². The van der Waals surface area contributed by atoms with E-state index < -0.39 is 0 Å². The number of amides is 1. The van der Waals surface area contributed by atoms with Crippen LogP contribution in [0.3, 0.4) is 0 Å². The maximum Gasteiger partial charge on any atom is 0.276 e. The smallest absolute Gasteiger partial charge is 0.276 e. The van der Waals surface area contributed by atoms with Crippen LogP contribution < -0.4 is 20.3 Å². The lowest BCUT2D eigenvalue weighted by Gasteiger charge is -2.14. The summed E-state index contributed by atoms with van der Waals surface area (Å²) in [6, 6.07) is 11.9. The summed E-state index contributed by atoms with van der Waals surface area (Å²) in [5.74, 6) is 0.780. The molecule has 170 valence electrons. The van der Waals surface area contributed by atoms with E-state index in [-0.39, 0.29) is 22.2 Å². The summed E-state index contributed by atoms with van der Waals surface area (Å²) < 4.78 is 12.4. The second-order valence-electron chi connectivity index (χ2n) is 6.65. The van der Waals surface area contributed by atoms with Gasteiger partial charge < -0.3 is 14.8 Å². The van der Waals surface area contributed by atoms with Crippen LogP contribution >= 0.6 is 46.3 Å². The van der Waals surface area contributed by atoms with Gasteiger partial charge in [-0.3, -0.25) is 14.2 Å². The maximum absolute atomic E-state index is 13.2. The van der Waals surface area contributed by atoms with Crippen molar-refractivity contribution >= 4 is 68.1 Å². The van der Waals surface area contributed by atoms with Crippen LogP contribution in [-0.2, 0) is 4.79 Å². The number of thioether (sulfide) groups is 1. The summed E-state index contributed by atoms with van der Waals surface area (Å²) in [5, 5.41) is 5.48. The highest BCUT2D eigenvalue weighted by molar-refractivity contribution is 7.99.